The fourth-order valence-electron chi connectivity index (χ4n) is 2.67. The lowest BCUT2D eigenvalue weighted by molar-refractivity contribution is -0.121. The van der Waals surface area contributed by atoms with Gasteiger partial charge in [0, 0.05) is 26.7 Å². The van der Waals surface area contributed by atoms with Gasteiger partial charge in [-0.05, 0) is 37.1 Å². The summed E-state index contributed by atoms with van der Waals surface area (Å²) in [5.74, 6) is -0.807. The maximum absolute atomic E-state index is 12.6. The first-order valence-electron chi connectivity index (χ1n) is 8.90. The molecule has 1 N–H and O–H groups in total. The summed E-state index contributed by atoms with van der Waals surface area (Å²) in [5, 5.41) is 2.47. The smallest absolute Gasteiger partial charge is 0.243 e. The topological polar surface area (TPSA) is 113 Å². The Bertz CT molecular complexity index is 909. The Balaban J connectivity index is 1.88. The van der Waals surface area contributed by atoms with Crippen molar-refractivity contribution in [1.29, 1.82) is 0 Å². The zero-order valence-corrected chi connectivity index (χ0v) is 18.0. The van der Waals surface area contributed by atoms with Gasteiger partial charge < -0.3 is 10.1 Å². The van der Waals surface area contributed by atoms with Crippen molar-refractivity contribution in [2.75, 3.05) is 52.2 Å². The first-order valence-corrected chi connectivity index (χ1v) is 11.9. The number of ether oxygens (including phenoxy) is 1. The molecule has 0 aliphatic carbocycles. The highest BCUT2D eigenvalue weighted by molar-refractivity contribution is 7.89. The Kier molecular flexibility index (Phi) is 7.57. The first-order chi connectivity index (χ1) is 13.0. The lowest BCUT2D eigenvalue weighted by Gasteiger charge is -2.26. The van der Waals surface area contributed by atoms with Crippen LogP contribution in [0.2, 0.25) is 0 Å². The maximum Gasteiger partial charge on any atom is 0.243 e. The van der Waals surface area contributed by atoms with Crippen LogP contribution in [0.3, 0.4) is 0 Å². The van der Waals surface area contributed by atoms with Crippen LogP contribution in [0.15, 0.2) is 23.1 Å². The van der Waals surface area contributed by atoms with Crippen molar-refractivity contribution in [3.63, 3.8) is 0 Å². The van der Waals surface area contributed by atoms with Gasteiger partial charge in [-0.25, -0.2) is 16.8 Å². The Morgan fingerprint density at radius 2 is 1.79 bits per heavy atom. The summed E-state index contributed by atoms with van der Waals surface area (Å²) in [6.07, 6.45) is 0. The lowest BCUT2D eigenvalue weighted by Crippen LogP contribution is -2.45. The summed E-state index contributed by atoms with van der Waals surface area (Å²) in [7, 11) is -5.98. The highest BCUT2D eigenvalue weighted by atomic mass is 32.2. The van der Waals surface area contributed by atoms with Crippen molar-refractivity contribution in [2.45, 2.75) is 18.7 Å². The zero-order chi connectivity index (χ0) is 20.9. The lowest BCUT2D eigenvalue weighted by atomic mass is 10.1. The van der Waals surface area contributed by atoms with Crippen LogP contribution in [0.5, 0.6) is 0 Å². The molecule has 0 atom stereocenters. The van der Waals surface area contributed by atoms with Crippen molar-refractivity contribution in [2.24, 2.45) is 0 Å². The fourth-order valence-corrected chi connectivity index (χ4v) is 5.21. The summed E-state index contributed by atoms with van der Waals surface area (Å²) < 4.78 is 57.0. The van der Waals surface area contributed by atoms with E-state index in [0.29, 0.717) is 26.3 Å². The second-order valence-electron chi connectivity index (χ2n) is 6.68. The van der Waals surface area contributed by atoms with E-state index in [1.54, 1.807) is 12.1 Å². The molecule has 1 amide bonds. The molecule has 1 fully saturated rings. The van der Waals surface area contributed by atoms with E-state index in [1.807, 2.05) is 13.8 Å². The molecule has 1 aromatic carbocycles. The van der Waals surface area contributed by atoms with E-state index < -0.39 is 32.5 Å². The normalized spacial score (nSPS) is 16.3. The summed E-state index contributed by atoms with van der Waals surface area (Å²) >= 11 is 0. The third kappa shape index (κ3) is 5.74. The standard InChI is InChI=1S/C17H27N3O6S2/c1-14-4-5-16(12-15(14)2)28(24,25)19(3)13-17(21)18-6-11-27(22,23)20-7-9-26-10-8-20/h4-5,12H,6-11,13H2,1-3H3,(H,18,21). The number of nitrogens with zero attached hydrogens (tertiary/aromatic N) is 2. The number of hydrogen-bond acceptors (Lipinski definition) is 6. The SMILES string of the molecule is Cc1ccc(S(=O)(=O)N(C)CC(=O)NCCS(=O)(=O)N2CCOCC2)cc1C. The fraction of sp³-hybridized carbons (Fsp3) is 0.588. The largest absolute Gasteiger partial charge is 0.379 e. The Labute approximate surface area is 166 Å². The van der Waals surface area contributed by atoms with E-state index in [0.717, 1.165) is 15.4 Å². The zero-order valence-electron chi connectivity index (χ0n) is 16.3. The van der Waals surface area contributed by atoms with Gasteiger partial charge in [-0.15, -0.1) is 0 Å². The van der Waals surface area contributed by atoms with E-state index in [2.05, 4.69) is 5.32 Å². The average Bonchev–Trinajstić information content (AvgIpc) is 2.64. The molecule has 1 heterocycles. The van der Waals surface area contributed by atoms with Gasteiger partial charge in [-0.2, -0.15) is 8.61 Å². The number of rotatable bonds is 8. The van der Waals surface area contributed by atoms with Crippen LogP contribution in [0.25, 0.3) is 0 Å². The van der Waals surface area contributed by atoms with Crippen molar-refractivity contribution < 1.29 is 26.4 Å². The molecule has 0 bridgehead atoms. The predicted octanol–water partition coefficient (Wildman–Crippen LogP) is -0.298. The van der Waals surface area contributed by atoms with E-state index in [4.69, 9.17) is 4.74 Å². The van der Waals surface area contributed by atoms with Gasteiger partial charge in [0.2, 0.25) is 26.0 Å². The number of morpholine rings is 1. The van der Waals surface area contributed by atoms with E-state index in [-0.39, 0.29) is 17.2 Å². The van der Waals surface area contributed by atoms with Gasteiger partial charge in [0.15, 0.2) is 0 Å². The van der Waals surface area contributed by atoms with Crippen LogP contribution < -0.4 is 5.32 Å². The monoisotopic (exact) mass is 433 g/mol. The number of benzene rings is 1. The molecular weight excluding hydrogens is 406 g/mol. The number of hydrogen-bond donors (Lipinski definition) is 1. The number of aryl methyl sites for hydroxylation is 2. The second-order valence-corrected chi connectivity index (χ2v) is 10.8. The van der Waals surface area contributed by atoms with E-state index in [1.165, 1.54) is 17.4 Å². The molecule has 28 heavy (non-hydrogen) atoms. The molecule has 158 valence electrons. The average molecular weight is 434 g/mol. The molecule has 0 radical (unpaired) electrons. The minimum absolute atomic E-state index is 0.0873. The van der Waals surface area contributed by atoms with E-state index in [9.17, 15) is 21.6 Å². The van der Waals surface area contributed by atoms with Crippen molar-refractivity contribution in [3.05, 3.63) is 29.3 Å². The maximum atomic E-state index is 12.6. The summed E-state index contributed by atoms with van der Waals surface area (Å²) in [6, 6.07) is 4.78. The van der Waals surface area contributed by atoms with Gasteiger partial charge in [0.05, 0.1) is 30.4 Å². The number of sulfonamides is 2. The van der Waals surface area contributed by atoms with Gasteiger partial charge in [-0.1, -0.05) is 6.07 Å². The van der Waals surface area contributed by atoms with Crippen molar-refractivity contribution in [1.82, 2.24) is 13.9 Å². The summed E-state index contributed by atoms with van der Waals surface area (Å²) in [5.41, 5.74) is 1.81. The third-order valence-electron chi connectivity index (χ3n) is 4.60. The molecule has 1 saturated heterocycles. The van der Waals surface area contributed by atoms with Gasteiger partial charge in [0.1, 0.15) is 0 Å². The Morgan fingerprint density at radius 3 is 2.39 bits per heavy atom. The number of carbonyl (C=O) groups excluding carboxylic acids is 1. The Hall–Kier alpha value is -1.53. The van der Waals surface area contributed by atoms with Crippen LogP contribution >= 0.6 is 0 Å². The molecule has 0 aromatic heterocycles. The van der Waals surface area contributed by atoms with Crippen LogP contribution in [-0.2, 0) is 29.6 Å². The molecule has 9 nitrogen and oxygen atoms in total. The molecule has 1 aliphatic heterocycles. The summed E-state index contributed by atoms with van der Waals surface area (Å²) in [6.45, 7) is 4.52. The second kappa shape index (κ2) is 9.31. The van der Waals surface area contributed by atoms with Crippen LogP contribution in [0.4, 0.5) is 0 Å². The quantitative estimate of drug-likeness (QED) is 0.602. The summed E-state index contributed by atoms with van der Waals surface area (Å²) in [4.78, 5) is 12.2. The molecule has 0 spiro atoms. The van der Waals surface area contributed by atoms with Crippen molar-refractivity contribution in [3.8, 4) is 0 Å². The van der Waals surface area contributed by atoms with E-state index >= 15 is 0 Å². The highest BCUT2D eigenvalue weighted by Crippen LogP contribution is 2.18. The number of amides is 1. The molecule has 2 rings (SSSR count). The van der Waals surface area contributed by atoms with Crippen LogP contribution in [0, 0.1) is 13.8 Å². The molecule has 0 unspecified atom stereocenters. The van der Waals surface area contributed by atoms with Crippen molar-refractivity contribution >= 4 is 26.0 Å². The van der Waals surface area contributed by atoms with Crippen LogP contribution in [0.1, 0.15) is 11.1 Å². The number of carbonyl (C=O) groups is 1. The van der Waals surface area contributed by atoms with Gasteiger partial charge in [0.25, 0.3) is 0 Å². The predicted molar refractivity (Wildman–Crippen MR) is 105 cm³/mol. The highest BCUT2D eigenvalue weighted by Gasteiger charge is 2.25. The minimum Gasteiger partial charge on any atom is -0.379 e. The number of likely N-dealkylation sites (N-methyl/N-ethyl adjacent to an activating group) is 1. The molecular formula is C17H27N3O6S2. The molecule has 11 heteroatoms. The molecule has 1 aliphatic rings. The third-order valence-corrected chi connectivity index (χ3v) is 8.27. The molecule has 0 saturated carbocycles. The minimum atomic E-state index is -3.81. The van der Waals surface area contributed by atoms with Gasteiger partial charge in [-0.3, -0.25) is 4.79 Å². The van der Waals surface area contributed by atoms with Gasteiger partial charge >= 0.3 is 0 Å². The Morgan fingerprint density at radius 1 is 1.14 bits per heavy atom. The van der Waals surface area contributed by atoms with Crippen LogP contribution in [-0.4, -0.2) is 83.5 Å². The number of nitrogens with one attached hydrogen (secondary N) is 1. The first kappa shape index (κ1) is 22.8. The molecule has 1 aromatic rings.